The zero-order valence-electron chi connectivity index (χ0n) is 81.0. The number of nitrogens with zero attached hydrogens (tertiary/aromatic N) is 6. The maximum Gasteiger partial charge on any atom is 0.137 e. The quantitative estimate of drug-likeness (QED) is 0.0599. The van der Waals surface area contributed by atoms with E-state index in [0.29, 0.717) is 33.6 Å². The molecule has 4 bridgehead atoms. The molecule has 10 aromatic carbocycles. The molecule has 0 amide bonds. The molecule has 0 unspecified atom stereocenters. The Kier molecular flexibility index (Phi) is 40.4. The largest absolute Gasteiger partial charge is 0.665 e. The summed E-state index contributed by atoms with van der Waals surface area (Å²) in [5, 5.41) is 32.0. The fourth-order valence-electron chi connectivity index (χ4n) is 17.3. The van der Waals surface area contributed by atoms with Crippen molar-refractivity contribution in [3.8, 4) is 72.9 Å². The Labute approximate surface area is 846 Å². The van der Waals surface area contributed by atoms with E-state index in [0.717, 1.165) is 127 Å². The van der Waals surface area contributed by atoms with E-state index >= 15 is 0 Å². The first-order valence-corrected chi connectivity index (χ1v) is 53.8. The van der Waals surface area contributed by atoms with E-state index < -0.39 is 105 Å². The normalized spacial score (nSPS) is 15.7. The number of fused-ring (bicyclic) bond motifs is 2. The Morgan fingerprint density at radius 3 is 0.913 bits per heavy atom. The van der Waals surface area contributed by atoms with Gasteiger partial charge in [0.15, 0.2) is 0 Å². The summed E-state index contributed by atoms with van der Waals surface area (Å²) < 4.78 is 164. The maximum atomic E-state index is 13.9. The van der Waals surface area contributed by atoms with Gasteiger partial charge in [-0.1, -0.05) is 215 Å². The summed E-state index contributed by atoms with van der Waals surface area (Å²) in [4.78, 5) is 12.3. The number of aryl methyl sites for hydroxylation is 9. The van der Waals surface area contributed by atoms with Gasteiger partial charge < -0.3 is 30.3 Å². The Bertz CT molecular complexity index is 5930. The van der Waals surface area contributed by atoms with Gasteiger partial charge in [0.2, 0.25) is 0 Å². The number of benzene rings is 10. The molecule has 9 nitrogen and oxygen atoms in total. The van der Waals surface area contributed by atoms with Crippen molar-refractivity contribution in [2.24, 2.45) is 44.5 Å². The number of hydrogen-bond donors (Lipinski definition) is 3. The molecule has 3 heterocycles. The van der Waals surface area contributed by atoms with Crippen molar-refractivity contribution in [3.63, 3.8) is 0 Å². The van der Waals surface area contributed by atoms with Gasteiger partial charge in [-0.05, 0) is 179 Å². The van der Waals surface area contributed by atoms with E-state index in [-0.39, 0.29) is 40.3 Å². The van der Waals surface area contributed by atoms with Crippen LogP contribution in [-0.2, 0) is 79.4 Å². The minimum atomic E-state index is -2.16. The Balaban J connectivity index is 0.000000164. The molecule has 3 N–H and O–H groups in total. The minimum absolute atomic E-state index is 0.101. The summed E-state index contributed by atoms with van der Waals surface area (Å²) in [7, 11) is 0. The molecule has 138 heavy (non-hydrogen) atoms. The third-order valence-corrected chi connectivity index (χ3v) is 33.3. The molecule has 0 aliphatic heterocycles. The van der Waals surface area contributed by atoms with Gasteiger partial charge in [-0.25, -0.2) is 4.39 Å². The van der Waals surface area contributed by atoms with E-state index in [4.69, 9.17) is 3.50 Å². The number of phenols is 3. The van der Waals surface area contributed by atoms with Gasteiger partial charge in [0.1, 0.15) is 23.1 Å². The van der Waals surface area contributed by atoms with Crippen molar-refractivity contribution < 1.29 is 117 Å². The molecule has 19 rings (SSSR count). The van der Waals surface area contributed by atoms with Crippen molar-refractivity contribution in [2.45, 2.75) is 213 Å². The molecule has 0 saturated heterocycles. The second kappa shape index (κ2) is 50.4. The average Bonchev–Trinajstić information content (AvgIpc) is 0.913. The van der Waals surface area contributed by atoms with Crippen molar-refractivity contribution in [3.05, 3.63) is 335 Å². The molecule has 3 aromatic heterocycles. The number of phenolic OH excluding ortho intramolecular Hbond substituents is 3. The predicted octanol–water partition coefficient (Wildman–Crippen LogP) is 32.7. The Morgan fingerprint density at radius 1 is 0.341 bits per heavy atom. The molecule has 0 spiro atoms. The zero-order valence-corrected chi connectivity index (χ0v) is 90.2. The molecular formula is C113H120Br2F11Mo3N6O3-3. The molecule has 4 fully saturated rings. The van der Waals surface area contributed by atoms with Crippen molar-refractivity contribution in [1.82, 2.24) is 15.0 Å². The van der Waals surface area contributed by atoms with Crippen LogP contribution in [0.15, 0.2) is 214 Å². The molecule has 0 atom stereocenters. The number of rotatable bonds is 8. The second-order valence-electron chi connectivity index (χ2n) is 38.9. The summed E-state index contributed by atoms with van der Waals surface area (Å²) in [6.07, 6.45) is 18.4. The number of hydrogen-bond acceptors (Lipinski definition) is 6. The van der Waals surface area contributed by atoms with E-state index in [1.165, 1.54) is 114 Å². The standard InChI is InChI=1S/C21H22Br2O.C19H16O.C18H13FO.C10H15N.2C6F5N.3C6H8N.3C5H10.3Mo/c1-12-17(22)10-13-6-2-4-8-15(13)19(12)20-16-9-5-3-7-14(16)11-18(23)21(20)24;1-14-12-17(15-8-4-2-5-9-15)19(20)18(13-14)16-10-6-3-7-11-16;19-15-11-16(13-7-3-1-4-8-13)18(20)17(12-15)14-9-5-2-6-10-14;11-10-4-7-1-8(5-10)3-9(2-7)6-10;2*7-1-2(8)4(10)6(12)5(11)3(1)9;3*1-5-3-4-6(2)7-5;3*1-5(2,3)4;;;/h10-11,24H,2-9H2,1H3;2-13,20H,1H3;1-12,20H;7-9H,1-6H2;;;3*3-4H,1-2H3;3*1H,2-4H3;;;/q;;;;;;3*-1;;;;;;. The van der Waals surface area contributed by atoms with Gasteiger partial charge in [-0.15, -0.1) is 0 Å². The summed E-state index contributed by atoms with van der Waals surface area (Å²) in [5.74, 6) is -16.0. The second-order valence-corrected chi connectivity index (χ2v) is 45.2. The summed E-state index contributed by atoms with van der Waals surface area (Å²) in [5.41, 5.74) is 21.8. The smallest absolute Gasteiger partial charge is 0.137 e. The van der Waals surface area contributed by atoms with Gasteiger partial charge in [0.05, 0.1) is 4.47 Å². The topological polar surface area (TPSA) is 140 Å². The number of aromatic hydroxyl groups is 3. The van der Waals surface area contributed by atoms with E-state index in [2.05, 4.69) is 105 Å². The van der Waals surface area contributed by atoms with Gasteiger partial charge in [0.25, 0.3) is 0 Å². The predicted molar refractivity (Wildman–Crippen MR) is 534 cm³/mol. The first kappa shape index (κ1) is 111. The molecule has 4 saturated carbocycles. The maximum absolute atomic E-state index is 13.9. The minimum Gasteiger partial charge on any atom is -0.665 e. The average molecular weight is 2270 g/mol. The van der Waals surface area contributed by atoms with Crippen LogP contribution in [0.2, 0.25) is 0 Å². The van der Waals surface area contributed by atoms with Crippen LogP contribution < -0.4 is 15.0 Å². The van der Waals surface area contributed by atoms with E-state index in [9.17, 15) is 63.6 Å². The van der Waals surface area contributed by atoms with Crippen molar-refractivity contribution in [1.29, 1.82) is 0 Å². The Morgan fingerprint density at radius 2 is 0.616 bits per heavy atom. The molecule has 25 heteroatoms. The van der Waals surface area contributed by atoms with Crippen molar-refractivity contribution >= 4 is 56.4 Å². The molecule has 6 aliphatic rings. The SMILES string of the molecule is CC(C)(C)[CH]=[Mo]=[N]C12CC3CC(CC(C3)C1)C2.CC(C)(C)[CH]=[Mo]=[N]c1c(F)c(F)c(F)c(F)c1F.CC(C)(C)[CH]=[Mo]=[N]c1c(F)c(F)c(F)c(F)c1F.Cc1c(Br)cc2c(c1-c1c(O)c(Br)cc3c1CCCC3)CCCC2.Cc1cc(-c2ccccc2)c(O)c(-c2ccccc2)c1.Cc1ccc(C)[n-]1.Cc1ccc(C)[n-]1.Cc1ccc(C)[n-]1.Oc1c(-c2ccccc2)cc(F)cc1-c1ccccc1. The number of aromatic nitrogens is 3. The molecule has 732 valence electrons. The van der Waals surface area contributed by atoms with Crippen LogP contribution >= 0.6 is 31.9 Å². The zero-order chi connectivity index (χ0) is 101. The van der Waals surface area contributed by atoms with Crippen LogP contribution in [0.1, 0.15) is 194 Å². The summed E-state index contributed by atoms with van der Waals surface area (Å²) >= 11 is 4.49. The summed E-state index contributed by atoms with van der Waals surface area (Å²) in [6.45, 7) is 34.3. The number of halogens is 13. The molecule has 13 aromatic rings. The molecule has 0 radical (unpaired) electrons. The summed E-state index contributed by atoms with van der Waals surface area (Å²) in [6, 6.07) is 61.9. The third-order valence-electron chi connectivity index (χ3n) is 23.2. The fraction of sp³-hybridized carbons (Fsp3) is 0.336. The monoisotopic (exact) mass is 2270 g/mol. The fourth-order valence-corrected chi connectivity index (χ4v) is 23.3. The first-order chi connectivity index (χ1) is 65.2. The van der Waals surface area contributed by atoms with Crippen LogP contribution in [0, 0.1) is 153 Å². The van der Waals surface area contributed by atoms with Crippen LogP contribution in [0.4, 0.5) is 59.7 Å². The van der Waals surface area contributed by atoms with Gasteiger partial charge in [-0.2, -0.15) is 34.2 Å². The van der Waals surface area contributed by atoms with E-state index in [1.54, 1.807) is 8.80 Å². The van der Waals surface area contributed by atoms with Crippen molar-refractivity contribution in [2.75, 3.05) is 0 Å². The Hall–Kier alpha value is -9.30. The van der Waals surface area contributed by atoms with Crippen LogP contribution in [0.5, 0.6) is 17.2 Å². The van der Waals surface area contributed by atoms with Gasteiger partial charge in [-0.3, -0.25) is 0 Å². The molecular weight excluding hydrogens is 2150 g/mol. The van der Waals surface area contributed by atoms with Gasteiger partial charge >= 0.3 is 331 Å². The van der Waals surface area contributed by atoms with Crippen LogP contribution in [0.3, 0.4) is 0 Å². The van der Waals surface area contributed by atoms with Crippen LogP contribution in [0.25, 0.3) is 55.6 Å². The van der Waals surface area contributed by atoms with Gasteiger partial charge in [0, 0.05) is 32.3 Å². The first-order valence-electron chi connectivity index (χ1n) is 46.0. The molecule has 6 aliphatic carbocycles. The van der Waals surface area contributed by atoms with E-state index in [1.807, 2.05) is 253 Å². The van der Waals surface area contributed by atoms with Crippen LogP contribution in [-0.4, -0.2) is 34.1 Å². The third kappa shape index (κ3) is 31.4.